The van der Waals surface area contributed by atoms with E-state index in [2.05, 4.69) is 43.3 Å². The molecule has 21 heavy (non-hydrogen) atoms. The Balaban J connectivity index is 0.000000181. The minimum absolute atomic E-state index is 0. The molecule has 2 aromatic carbocycles. The van der Waals surface area contributed by atoms with Gasteiger partial charge in [-0.25, -0.2) is 12.1 Å². The monoisotopic (exact) mass is 447 g/mol. The Labute approximate surface area is 149 Å². The van der Waals surface area contributed by atoms with E-state index >= 15 is 0 Å². The summed E-state index contributed by atoms with van der Waals surface area (Å²) in [4.78, 5) is 0. The molecule has 0 heterocycles. The normalized spacial score (nSPS) is 15.1. The topological polar surface area (TPSA) is 0 Å². The molecule has 4 rings (SSSR count). The van der Waals surface area contributed by atoms with E-state index in [4.69, 9.17) is 0 Å². The van der Waals surface area contributed by atoms with Gasteiger partial charge in [0.2, 0.25) is 0 Å². The van der Waals surface area contributed by atoms with E-state index in [1.807, 2.05) is 0 Å². The first-order chi connectivity index (χ1) is 9.93. The summed E-state index contributed by atoms with van der Waals surface area (Å²) in [5, 5.41) is 0. The van der Waals surface area contributed by atoms with Gasteiger partial charge in [0.25, 0.3) is 0 Å². The first kappa shape index (κ1) is 18.6. The first-order valence-electron chi connectivity index (χ1n) is 8.11. The minimum Gasteiger partial charge on any atom is -0.346 e. The summed E-state index contributed by atoms with van der Waals surface area (Å²) in [5.74, 6) is 0. The molecule has 1 heteroatoms. The number of rotatable bonds is 0. The van der Waals surface area contributed by atoms with Crippen LogP contribution < -0.4 is 0 Å². The van der Waals surface area contributed by atoms with Gasteiger partial charge in [0.05, 0.1) is 0 Å². The third kappa shape index (κ3) is 5.36. The molecular formula is C20H27Hf-3. The van der Waals surface area contributed by atoms with Crippen molar-refractivity contribution in [2.45, 2.75) is 58.3 Å². The van der Waals surface area contributed by atoms with E-state index in [0.717, 1.165) is 0 Å². The molecule has 2 aromatic rings. The van der Waals surface area contributed by atoms with E-state index in [1.54, 1.807) is 29.2 Å². The Hall–Kier alpha value is -0.430. The van der Waals surface area contributed by atoms with Crippen LogP contribution in [-0.2, 0) is 51.5 Å². The molecule has 0 aromatic heterocycles. The van der Waals surface area contributed by atoms with Gasteiger partial charge in [0.1, 0.15) is 0 Å². The number of hydrogen-bond donors (Lipinski definition) is 0. The molecule has 114 valence electrons. The predicted octanol–water partition coefficient (Wildman–Crippen LogP) is 5.41. The molecule has 0 amide bonds. The predicted molar refractivity (Wildman–Crippen MR) is 88.4 cm³/mol. The summed E-state index contributed by atoms with van der Waals surface area (Å²) in [5.41, 5.74) is 6.39. The van der Waals surface area contributed by atoms with Crippen molar-refractivity contribution in [3.63, 3.8) is 0 Å². The number of fused-ring (bicyclic) bond motifs is 2. The smallest absolute Gasteiger partial charge is 0 e. The minimum atomic E-state index is 0. The van der Waals surface area contributed by atoms with E-state index in [1.165, 1.54) is 51.4 Å². The van der Waals surface area contributed by atoms with Gasteiger partial charge in [0.15, 0.2) is 0 Å². The summed E-state index contributed by atoms with van der Waals surface area (Å²) >= 11 is 0. The zero-order valence-electron chi connectivity index (χ0n) is 13.3. The van der Waals surface area contributed by atoms with Gasteiger partial charge in [-0.15, -0.1) is 0 Å². The molecule has 0 spiro atoms. The van der Waals surface area contributed by atoms with Crippen molar-refractivity contribution in [1.82, 2.24) is 0 Å². The van der Waals surface area contributed by atoms with Crippen molar-refractivity contribution in [3.05, 3.63) is 65.6 Å². The molecule has 0 N–H and O–H groups in total. The molecule has 0 nitrogen and oxygen atoms in total. The summed E-state index contributed by atoms with van der Waals surface area (Å²) in [6.45, 7) is 5.00. The van der Waals surface area contributed by atoms with Crippen molar-refractivity contribution in [3.8, 4) is 0 Å². The molecule has 0 atom stereocenters. The van der Waals surface area contributed by atoms with Crippen LogP contribution in [0.3, 0.4) is 0 Å². The molecule has 2 aliphatic rings. The van der Waals surface area contributed by atoms with Gasteiger partial charge in [-0.05, 0) is 0 Å². The largest absolute Gasteiger partial charge is 0.346 e. The zero-order chi connectivity index (χ0) is 14.2. The molecule has 0 saturated heterocycles. The standard InChI is InChI=1S/2C9H11.C2H5.Hf/c2*1-2-5-9-7-3-6-8(9)4-1;1-2;/h2*3,6-7H,1-2,4-5H2;1H2,2H3;/q3*-1;. The molecular weight excluding hydrogens is 419 g/mol. The van der Waals surface area contributed by atoms with Crippen molar-refractivity contribution in [2.75, 3.05) is 0 Å². The zero-order valence-corrected chi connectivity index (χ0v) is 16.9. The van der Waals surface area contributed by atoms with Crippen LogP contribution in [0.2, 0.25) is 0 Å². The average molecular weight is 446 g/mol. The van der Waals surface area contributed by atoms with Crippen LogP contribution in [0, 0.1) is 6.92 Å². The fourth-order valence-electron chi connectivity index (χ4n) is 3.23. The maximum absolute atomic E-state index is 3.25. The van der Waals surface area contributed by atoms with E-state index < -0.39 is 0 Å². The second-order valence-electron chi connectivity index (χ2n) is 5.57. The quantitative estimate of drug-likeness (QED) is 0.376. The Morgan fingerprint density at radius 3 is 1.48 bits per heavy atom. The maximum Gasteiger partial charge on any atom is 0 e. The first-order valence-corrected chi connectivity index (χ1v) is 8.11. The van der Waals surface area contributed by atoms with Crippen LogP contribution in [0.15, 0.2) is 36.4 Å². The molecule has 2 aliphatic carbocycles. The molecule has 0 aliphatic heterocycles. The second-order valence-corrected chi connectivity index (χ2v) is 5.57. The second kappa shape index (κ2) is 10.3. The van der Waals surface area contributed by atoms with Crippen LogP contribution >= 0.6 is 0 Å². The van der Waals surface area contributed by atoms with Crippen LogP contribution in [0.1, 0.15) is 54.9 Å². The third-order valence-corrected chi connectivity index (χ3v) is 4.30. The van der Waals surface area contributed by atoms with Crippen LogP contribution in [-0.4, -0.2) is 0 Å². The maximum atomic E-state index is 3.25. The average Bonchev–Trinajstić information content (AvgIpc) is 3.18. The Bertz CT molecular complexity index is 402. The van der Waals surface area contributed by atoms with E-state index in [9.17, 15) is 0 Å². The Morgan fingerprint density at radius 2 is 1.10 bits per heavy atom. The van der Waals surface area contributed by atoms with Crippen molar-refractivity contribution >= 4 is 0 Å². The van der Waals surface area contributed by atoms with Crippen molar-refractivity contribution in [2.24, 2.45) is 0 Å². The Kier molecular flexibility index (Phi) is 9.15. The van der Waals surface area contributed by atoms with Crippen molar-refractivity contribution in [1.29, 1.82) is 0 Å². The van der Waals surface area contributed by atoms with Gasteiger partial charge in [-0.1, -0.05) is 51.4 Å². The SMILES string of the molecule is [CH2-]C.[Hf].c1cc2c([cH-]1)CCCC2.c1cc2c([cH-]1)CCCC2. The molecule has 0 radical (unpaired) electrons. The summed E-state index contributed by atoms with van der Waals surface area (Å²) in [7, 11) is 0. The Morgan fingerprint density at radius 1 is 0.714 bits per heavy atom. The van der Waals surface area contributed by atoms with Gasteiger partial charge < -0.3 is 6.92 Å². The molecule has 0 fully saturated rings. The van der Waals surface area contributed by atoms with Crippen LogP contribution in [0.5, 0.6) is 0 Å². The van der Waals surface area contributed by atoms with Crippen LogP contribution in [0.25, 0.3) is 0 Å². The molecule has 0 bridgehead atoms. The third-order valence-electron chi connectivity index (χ3n) is 4.30. The summed E-state index contributed by atoms with van der Waals surface area (Å²) < 4.78 is 0. The van der Waals surface area contributed by atoms with Gasteiger partial charge in [-0.3, -0.25) is 0 Å². The van der Waals surface area contributed by atoms with E-state index in [0.29, 0.717) is 0 Å². The van der Waals surface area contributed by atoms with Gasteiger partial charge in [0, 0.05) is 25.8 Å². The van der Waals surface area contributed by atoms with Gasteiger partial charge in [-0.2, -0.15) is 53.4 Å². The summed E-state index contributed by atoms with van der Waals surface area (Å²) in [6, 6.07) is 13.4. The number of aryl methyl sites for hydroxylation is 4. The van der Waals surface area contributed by atoms with Crippen LogP contribution in [0.4, 0.5) is 0 Å². The summed E-state index contributed by atoms with van der Waals surface area (Å²) in [6.07, 6.45) is 10.9. The fourth-order valence-corrected chi connectivity index (χ4v) is 3.23. The molecule has 0 unspecified atom stereocenters. The fraction of sp³-hybridized carbons (Fsp3) is 0.450. The van der Waals surface area contributed by atoms with Gasteiger partial charge >= 0.3 is 0 Å². The molecule has 0 saturated carbocycles. The van der Waals surface area contributed by atoms with E-state index in [-0.39, 0.29) is 25.8 Å². The number of hydrogen-bond acceptors (Lipinski definition) is 0. The van der Waals surface area contributed by atoms with Crippen molar-refractivity contribution < 1.29 is 25.8 Å².